The molecule has 2 N–H and O–H groups in total. The second-order valence-electron chi connectivity index (χ2n) is 9.26. The maximum absolute atomic E-state index is 14.3. The highest BCUT2D eigenvalue weighted by atomic mass is 32.1. The molecule has 11 heteroatoms. The number of rotatable bonds is 6. The van der Waals surface area contributed by atoms with E-state index < -0.39 is 11.8 Å². The summed E-state index contributed by atoms with van der Waals surface area (Å²) in [7, 11) is 0. The van der Waals surface area contributed by atoms with Gasteiger partial charge >= 0.3 is 6.03 Å². The van der Waals surface area contributed by atoms with Gasteiger partial charge in [0.2, 0.25) is 11.0 Å². The summed E-state index contributed by atoms with van der Waals surface area (Å²) in [5.41, 5.74) is 2.07. The number of aromatic nitrogens is 5. The molecule has 0 aliphatic carbocycles. The maximum Gasteiger partial charge on any atom is 0.324 e. The molecule has 3 heterocycles. The number of amides is 2. The molecule has 0 unspecified atom stereocenters. The molecule has 2 amide bonds. The van der Waals surface area contributed by atoms with Crippen LogP contribution in [0.2, 0.25) is 0 Å². The lowest BCUT2D eigenvalue weighted by Crippen LogP contribution is -2.21. The summed E-state index contributed by atoms with van der Waals surface area (Å²) in [4.78, 5) is 25.6. The first-order valence-electron chi connectivity index (χ1n) is 11.5. The van der Waals surface area contributed by atoms with E-state index >= 15 is 0 Å². The number of urea groups is 1. The molecule has 0 saturated heterocycles. The fraction of sp³-hybridized carbons (Fsp3) is 0.192. The standard InChI is InChI=1S/C26H24FN7O2S/c1-26(2,3)21-13-22(34(33-21)25-31-19-6-4-5-7-20(19)37-25)32-24(35)30-17-8-9-18(27)16(12-17)15-36-23-14-28-10-11-29-23/h4-14H,15H2,1-3H3,(H2,30,32,35). The van der Waals surface area contributed by atoms with Gasteiger partial charge in [-0.25, -0.2) is 19.2 Å². The summed E-state index contributed by atoms with van der Waals surface area (Å²) in [6.07, 6.45) is 4.44. The van der Waals surface area contributed by atoms with Crippen molar-refractivity contribution in [3.05, 3.63) is 84.2 Å². The van der Waals surface area contributed by atoms with E-state index in [1.165, 1.54) is 48.1 Å². The molecule has 5 rings (SSSR count). The van der Waals surface area contributed by atoms with E-state index in [-0.39, 0.29) is 23.5 Å². The minimum atomic E-state index is -0.505. The largest absolute Gasteiger partial charge is 0.472 e. The lowest BCUT2D eigenvalue weighted by atomic mass is 9.92. The smallest absolute Gasteiger partial charge is 0.324 e. The number of benzene rings is 2. The number of nitrogens with zero attached hydrogens (tertiary/aromatic N) is 5. The second-order valence-corrected chi connectivity index (χ2v) is 10.3. The van der Waals surface area contributed by atoms with Crippen molar-refractivity contribution in [3.8, 4) is 11.0 Å². The number of carbonyl (C=O) groups is 1. The number of para-hydroxylation sites is 1. The molecule has 5 aromatic rings. The van der Waals surface area contributed by atoms with Crippen molar-refractivity contribution in [3.63, 3.8) is 0 Å². The Kier molecular flexibility index (Phi) is 6.53. The van der Waals surface area contributed by atoms with Gasteiger partial charge in [-0.2, -0.15) is 9.78 Å². The molecule has 37 heavy (non-hydrogen) atoms. The Morgan fingerprint density at radius 1 is 1.11 bits per heavy atom. The van der Waals surface area contributed by atoms with Crippen molar-refractivity contribution in [1.29, 1.82) is 0 Å². The van der Waals surface area contributed by atoms with Crippen LogP contribution in [0.25, 0.3) is 15.3 Å². The predicted molar refractivity (Wildman–Crippen MR) is 141 cm³/mol. The first-order valence-corrected chi connectivity index (χ1v) is 12.3. The molecular formula is C26H24FN7O2S. The Bertz CT molecular complexity index is 1530. The summed E-state index contributed by atoms with van der Waals surface area (Å²) < 4.78 is 22.5. The Hall–Kier alpha value is -4.38. The first-order chi connectivity index (χ1) is 17.8. The van der Waals surface area contributed by atoms with Crippen LogP contribution in [0, 0.1) is 5.82 Å². The predicted octanol–water partition coefficient (Wildman–Crippen LogP) is 5.93. The number of anilines is 2. The highest BCUT2D eigenvalue weighted by Crippen LogP contribution is 2.30. The van der Waals surface area contributed by atoms with Gasteiger partial charge in [0.1, 0.15) is 18.2 Å². The third-order valence-electron chi connectivity index (χ3n) is 5.40. The Morgan fingerprint density at radius 3 is 2.70 bits per heavy atom. The van der Waals surface area contributed by atoms with Crippen molar-refractivity contribution in [2.75, 3.05) is 10.6 Å². The Morgan fingerprint density at radius 2 is 1.95 bits per heavy atom. The Labute approximate surface area is 216 Å². The molecule has 188 valence electrons. The molecule has 0 aliphatic rings. The number of halogens is 1. The van der Waals surface area contributed by atoms with Crippen molar-refractivity contribution in [2.24, 2.45) is 0 Å². The molecule has 0 bridgehead atoms. The van der Waals surface area contributed by atoms with Gasteiger partial charge in [-0.3, -0.25) is 10.3 Å². The van der Waals surface area contributed by atoms with Gasteiger partial charge in [0, 0.05) is 35.1 Å². The molecule has 3 aromatic heterocycles. The number of carbonyl (C=O) groups excluding carboxylic acids is 1. The van der Waals surface area contributed by atoms with Crippen molar-refractivity contribution >= 4 is 39.1 Å². The molecule has 9 nitrogen and oxygen atoms in total. The van der Waals surface area contributed by atoms with Gasteiger partial charge < -0.3 is 10.1 Å². The van der Waals surface area contributed by atoms with Gasteiger partial charge in [0.15, 0.2) is 0 Å². The number of fused-ring (bicyclic) bond motifs is 1. The van der Waals surface area contributed by atoms with Crippen LogP contribution in [0.1, 0.15) is 32.0 Å². The van der Waals surface area contributed by atoms with Crippen LogP contribution >= 0.6 is 11.3 Å². The normalized spacial score (nSPS) is 11.5. The Balaban J connectivity index is 1.36. The number of thiazole rings is 1. The molecule has 0 atom stereocenters. The van der Waals surface area contributed by atoms with Crippen molar-refractivity contribution in [2.45, 2.75) is 32.8 Å². The van der Waals surface area contributed by atoms with Crippen LogP contribution in [-0.4, -0.2) is 30.8 Å². The average molecular weight is 518 g/mol. The monoisotopic (exact) mass is 517 g/mol. The van der Waals surface area contributed by atoms with Gasteiger partial charge in [-0.1, -0.05) is 44.2 Å². The van der Waals surface area contributed by atoms with Crippen molar-refractivity contribution in [1.82, 2.24) is 24.7 Å². The summed E-state index contributed by atoms with van der Waals surface area (Å²) in [6, 6.07) is 13.4. The summed E-state index contributed by atoms with van der Waals surface area (Å²) in [5.74, 6) is 0.282. The lowest BCUT2D eigenvalue weighted by molar-refractivity contribution is 0.262. The van der Waals surface area contributed by atoms with Crippen LogP contribution in [0.5, 0.6) is 5.88 Å². The van der Waals surface area contributed by atoms with E-state index in [0.717, 1.165) is 15.9 Å². The van der Waals surface area contributed by atoms with Gasteiger partial charge in [0.05, 0.1) is 22.1 Å². The van der Waals surface area contributed by atoms with E-state index in [0.29, 0.717) is 16.6 Å². The number of hydrogen-bond donors (Lipinski definition) is 2. The minimum Gasteiger partial charge on any atom is -0.472 e. The topological polar surface area (TPSA) is 107 Å². The average Bonchev–Trinajstić information content (AvgIpc) is 3.49. The SMILES string of the molecule is CC(C)(C)c1cc(NC(=O)Nc2ccc(F)c(COc3cnccn3)c2)n(-c2nc3ccccc3s2)n1. The third-order valence-corrected chi connectivity index (χ3v) is 6.41. The quantitative estimate of drug-likeness (QED) is 0.289. The zero-order chi connectivity index (χ0) is 26.0. The van der Waals surface area contributed by atoms with E-state index in [4.69, 9.17) is 9.84 Å². The molecule has 0 spiro atoms. The highest BCUT2D eigenvalue weighted by molar-refractivity contribution is 7.20. The fourth-order valence-corrected chi connectivity index (χ4v) is 4.42. The number of nitrogens with one attached hydrogen (secondary N) is 2. The van der Waals surface area contributed by atoms with E-state index in [2.05, 4.69) is 25.6 Å². The first kappa shape index (κ1) is 24.3. The summed E-state index contributed by atoms with van der Waals surface area (Å²) >= 11 is 1.48. The van der Waals surface area contributed by atoms with E-state index in [1.54, 1.807) is 4.68 Å². The van der Waals surface area contributed by atoms with Gasteiger partial charge in [0.25, 0.3) is 0 Å². The maximum atomic E-state index is 14.3. The minimum absolute atomic E-state index is 0.0685. The molecule has 0 saturated carbocycles. The van der Waals surface area contributed by atoms with Crippen LogP contribution in [-0.2, 0) is 12.0 Å². The van der Waals surface area contributed by atoms with Crippen LogP contribution in [0.3, 0.4) is 0 Å². The molecule has 2 aromatic carbocycles. The third kappa shape index (κ3) is 5.56. The number of ether oxygens (including phenoxy) is 1. The number of hydrogen-bond acceptors (Lipinski definition) is 7. The molecule has 0 fully saturated rings. The molecular weight excluding hydrogens is 493 g/mol. The zero-order valence-electron chi connectivity index (χ0n) is 20.4. The van der Waals surface area contributed by atoms with Crippen molar-refractivity contribution < 1.29 is 13.9 Å². The summed E-state index contributed by atoms with van der Waals surface area (Å²) in [5, 5.41) is 11.0. The molecule has 0 aliphatic heterocycles. The second kappa shape index (κ2) is 9.94. The molecule has 0 radical (unpaired) electrons. The van der Waals surface area contributed by atoms with Crippen LogP contribution < -0.4 is 15.4 Å². The van der Waals surface area contributed by atoms with E-state index in [1.807, 2.05) is 51.1 Å². The fourth-order valence-electron chi connectivity index (χ4n) is 3.49. The van der Waals surface area contributed by atoms with Gasteiger partial charge in [-0.15, -0.1) is 0 Å². The highest BCUT2D eigenvalue weighted by Gasteiger charge is 2.23. The van der Waals surface area contributed by atoms with Gasteiger partial charge in [-0.05, 0) is 30.3 Å². The zero-order valence-corrected chi connectivity index (χ0v) is 21.2. The summed E-state index contributed by atoms with van der Waals surface area (Å²) in [6.45, 7) is 6.07. The van der Waals surface area contributed by atoms with Crippen LogP contribution in [0.4, 0.5) is 20.7 Å². The lowest BCUT2D eigenvalue weighted by Gasteiger charge is -2.13. The van der Waals surface area contributed by atoms with Crippen LogP contribution in [0.15, 0.2) is 67.1 Å². The van der Waals surface area contributed by atoms with E-state index in [9.17, 15) is 9.18 Å².